The molecule has 7 heteroatoms. The average molecular weight is 424 g/mol. The van der Waals surface area contributed by atoms with Gasteiger partial charge < -0.3 is 4.74 Å². The van der Waals surface area contributed by atoms with Gasteiger partial charge in [0.15, 0.2) is 0 Å². The van der Waals surface area contributed by atoms with Gasteiger partial charge in [-0.1, -0.05) is 31.9 Å². The molecule has 0 bridgehead atoms. The molecule has 108 valence electrons. The molecule has 1 rings (SSSR count). The van der Waals surface area contributed by atoms with Crippen LogP contribution in [0.1, 0.15) is 22.9 Å². The number of aryl methyl sites for hydroxylation is 1. The van der Waals surface area contributed by atoms with Gasteiger partial charge in [-0.25, -0.2) is 0 Å². The highest BCUT2D eigenvalue weighted by Crippen LogP contribution is 2.34. The number of rotatable bonds is 5. The number of benzene rings is 1. The van der Waals surface area contributed by atoms with Gasteiger partial charge in [-0.05, 0) is 36.6 Å². The van der Waals surface area contributed by atoms with Crippen molar-refractivity contribution in [1.29, 1.82) is 0 Å². The van der Waals surface area contributed by atoms with E-state index in [1.54, 1.807) is 0 Å². The van der Waals surface area contributed by atoms with E-state index in [-0.39, 0.29) is 6.61 Å². The molecule has 0 aromatic heterocycles. The molecular formula is C12H12Br2ClF3O. The highest BCUT2D eigenvalue weighted by molar-refractivity contribution is 9.11. The Hall–Kier alpha value is 0.220. The second-order valence-electron chi connectivity index (χ2n) is 4.05. The fraction of sp³-hybridized carbons (Fsp3) is 0.500. The van der Waals surface area contributed by atoms with Crippen molar-refractivity contribution in [3.8, 4) is 0 Å². The summed E-state index contributed by atoms with van der Waals surface area (Å²) in [6.07, 6.45) is -3.99. The van der Waals surface area contributed by atoms with Crippen molar-refractivity contribution in [3.63, 3.8) is 0 Å². The topological polar surface area (TPSA) is 9.23 Å². The van der Waals surface area contributed by atoms with Gasteiger partial charge in [0.1, 0.15) is 6.61 Å². The Balaban J connectivity index is 2.54. The zero-order valence-electron chi connectivity index (χ0n) is 10.0. The van der Waals surface area contributed by atoms with Crippen molar-refractivity contribution in [2.24, 2.45) is 0 Å². The number of halogens is 6. The minimum atomic E-state index is -4.30. The molecule has 0 heterocycles. The summed E-state index contributed by atoms with van der Waals surface area (Å²) in [4.78, 5) is 0. The van der Waals surface area contributed by atoms with E-state index >= 15 is 0 Å². The Kier molecular flexibility index (Phi) is 6.63. The van der Waals surface area contributed by atoms with E-state index in [9.17, 15) is 13.2 Å². The zero-order valence-corrected chi connectivity index (χ0v) is 14.0. The molecule has 0 saturated carbocycles. The SMILES string of the molecule is Cc1cc(Br)c(C(Cl)CCOCC(F)(F)F)cc1Br. The van der Waals surface area contributed by atoms with Crippen molar-refractivity contribution < 1.29 is 17.9 Å². The maximum Gasteiger partial charge on any atom is 0.411 e. The van der Waals surface area contributed by atoms with Crippen molar-refractivity contribution in [1.82, 2.24) is 0 Å². The van der Waals surface area contributed by atoms with Gasteiger partial charge in [0.05, 0.1) is 5.38 Å². The molecule has 1 aromatic rings. The number of hydrogen-bond acceptors (Lipinski definition) is 1. The van der Waals surface area contributed by atoms with Gasteiger partial charge in [-0.3, -0.25) is 0 Å². The Labute approximate surface area is 131 Å². The molecule has 0 aliphatic carbocycles. The lowest BCUT2D eigenvalue weighted by molar-refractivity contribution is -0.174. The van der Waals surface area contributed by atoms with Crippen LogP contribution in [0, 0.1) is 6.92 Å². The van der Waals surface area contributed by atoms with E-state index in [1.807, 2.05) is 19.1 Å². The molecule has 1 nitrogen and oxygen atoms in total. The molecule has 0 N–H and O–H groups in total. The smallest absolute Gasteiger partial charge is 0.372 e. The van der Waals surface area contributed by atoms with E-state index in [0.29, 0.717) is 6.42 Å². The third-order valence-corrected chi connectivity index (χ3v) is 4.39. The van der Waals surface area contributed by atoms with E-state index in [4.69, 9.17) is 11.6 Å². The summed E-state index contributed by atoms with van der Waals surface area (Å²) in [5, 5.41) is -0.403. The van der Waals surface area contributed by atoms with Crippen LogP contribution in [0.25, 0.3) is 0 Å². The lowest BCUT2D eigenvalue weighted by Gasteiger charge is -2.14. The van der Waals surface area contributed by atoms with Crippen LogP contribution in [-0.2, 0) is 4.74 Å². The van der Waals surface area contributed by atoms with Crippen molar-refractivity contribution in [2.45, 2.75) is 24.9 Å². The van der Waals surface area contributed by atoms with E-state index < -0.39 is 18.2 Å². The first kappa shape index (κ1) is 17.3. The maximum atomic E-state index is 11.9. The van der Waals surface area contributed by atoms with Crippen LogP contribution in [0.4, 0.5) is 13.2 Å². The lowest BCUT2D eigenvalue weighted by Crippen LogP contribution is -2.17. The van der Waals surface area contributed by atoms with Crippen molar-refractivity contribution in [3.05, 3.63) is 32.2 Å². The highest BCUT2D eigenvalue weighted by atomic mass is 79.9. The minimum absolute atomic E-state index is 0.0361. The Bertz CT molecular complexity index is 438. The summed E-state index contributed by atoms with van der Waals surface area (Å²) in [6, 6.07) is 3.77. The first-order chi connectivity index (χ1) is 8.70. The molecule has 19 heavy (non-hydrogen) atoms. The summed E-state index contributed by atoms with van der Waals surface area (Å²) in [7, 11) is 0. The molecule has 1 unspecified atom stereocenters. The van der Waals surface area contributed by atoms with Crippen LogP contribution in [0.3, 0.4) is 0 Å². The Morgan fingerprint density at radius 3 is 2.47 bits per heavy atom. The lowest BCUT2D eigenvalue weighted by atomic mass is 10.1. The first-order valence-electron chi connectivity index (χ1n) is 5.45. The molecule has 0 aliphatic heterocycles. The van der Waals surface area contributed by atoms with E-state index in [2.05, 4.69) is 36.6 Å². The van der Waals surface area contributed by atoms with Gasteiger partial charge in [0.25, 0.3) is 0 Å². The predicted octanol–water partition coefficient (Wildman–Crippen LogP) is 5.77. The van der Waals surface area contributed by atoms with E-state index in [0.717, 1.165) is 20.1 Å². The summed E-state index contributed by atoms with van der Waals surface area (Å²) in [5.41, 5.74) is 1.88. The fourth-order valence-electron chi connectivity index (χ4n) is 1.43. The molecule has 0 saturated heterocycles. The van der Waals surface area contributed by atoms with Crippen LogP contribution in [-0.4, -0.2) is 19.4 Å². The van der Waals surface area contributed by atoms with Crippen LogP contribution in [0.15, 0.2) is 21.1 Å². The summed E-state index contributed by atoms with van der Waals surface area (Å²) in [6.45, 7) is 0.662. The quantitative estimate of drug-likeness (QED) is 0.431. The molecule has 1 atom stereocenters. The zero-order chi connectivity index (χ0) is 14.6. The second kappa shape index (κ2) is 7.29. The van der Waals surface area contributed by atoms with Crippen LogP contribution in [0.2, 0.25) is 0 Å². The maximum absolute atomic E-state index is 11.9. The van der Waals surface area contributed by atoms with Crippen LogP contribution in [0.5, 0.6) is 0 Å². The third kappa shape index (κ3) is 6.02. The van der Waals surface area contributed by atoms with Gasteiger partial charge in [-0.15, -0.1) is 11.6 Å². The number of ether oxygens (including phenoxy) is 1. The largest absolute Gasteiger partial charge is 0.411 e. The molecule has 0 radical (unpaired) electrons. The number of alkyl halides is 4. The van der Waals surface area contributed by atoms with E-state index in [1.165, 1.54) is 0 Å². The van der Waals surface area contributed by atoms with Crippen LogP contribution < -0.4 is 0 Å². The van der Waals surface area contributed by atoms with Gasteiger partial charge in [-0.2, -0.15) is 13.2 Å². The molecule has 0 amide bonds. The molecular weight excluding hydrogens is 412 g/mol. The monoisotopic (exact) mass is 422 g/mol. The predicted molar refractivity (Wildman–Crippen MR) is 76.7 cm³/mol. The Morgan fingerprint density at radius 1 is 1.26 bits per heavy atom. The minimum Gasteiger partial charge on any atom is -0.372 e. The van der Waals surface area contributed by atoms with Gasteiger partial charge in [0, 0.05) is 15.6 Å². The second-order valence-corrected chi connectivity index (χ2v) is 6.28. The average Bonchev–Trinajstić information content (AvgIpc) is 2.28. The standard InChI is InChI=1S/C12H12Br2ClF3O/c1-7-4-10(14)8(5-9(7)13)11(15)2-3-19-6-12(16,17)18/h4-5,11H,2-3,6H2,1H3. The van der Waals surface area contributed by atoms with Crippen molar-refractivity contribution >= 4 is 43.5 Å². The summed E-state index contributed by atoms with van der Waals surface area (Å²) < 4.78 is 42.0. The molecule has 0 spiro atoms. The highest BCUT2D eigenvalue weighted by Gasteiger charge is 2.27. The third-order valence-electron chi connectivity index (χ3n) is 2.40. The van der Waals surface area contributed by atoms with Gasteiger partial charge >= 0.3 is 6.18 Å². The summed E-state index contributed by atoms with van der Waals surface area (Å²) in [5.74, 6) is 0. The fourth-order valence-corrected chi connectivity index (χ4v) is 2.93. The molecule has 0 fully saturated rings. The number of hydrogen-bond donors (Lipinski definition) is 0. The van der Waals surface area contributed by atoms with Crippen LogP contribution >= 0.6 is 43.5 Å². The Morgan fingerprint density at radius 2 is 1.89 bits per heavy atom. The first-order valence-corrected chi connectivity index (χ1v) is 7.47. The van der Waals surface area contributed by atoms with Gasteiger partial charge in [0.2, 0.25) is 0 Å². The molecule has 0 aliphatic rings. The molecule has 1 aromatic carbocycles. The normalized spacial score (nSPS) is 13.6. The van der Waals surface area contributed by atoms with Crippen molar-refractivity contribution in [2.75, 3.05) is 13.2 Å². The summed E-state index contributed by atoms with van der Waals surface area (Å²) >= 11 is 13.0.